The van der Waals surface area contributed by atoms with Crippen LogP contribution < -0.4 is 4.74 Å². The van der Waals surface area contributed by atoms with E-state index in [0.717, 1.165) is 11.3 Å². The zero-order valence-electron chi connectivity index (χ0n) is 11.6. The van der Waals surface area contributed by atoms with Gasteiger partial charge >= 0.3 is 0 Å². The van der Waals surface area contributed by atoms with Gasteiger partial charge in [-0.1, -0.05) is 48.0 Å². The summed E-state index contributed by atoms with van der Waals surface area (Å²) in [7, 11) is 0. The van der Waals surface area contributed by atoms with Crippen molar-refractivity contribution in [3.8, 4) is 5.75 Å². The van der Waals surface area contributed by atoms with Crippen molar-refractivity contribution >= 4 is 34.8 Å². The van der Waals surface area contributed by atoms with Gasteiger partial charge in [0.05, 0.1) is 6.61 Å². The first-order valence-corrected chi connectivity index (χ1v) is 8.21. The summed E-state index contributed by atoms with van der Waals surface area (Å²) in [4.78, 5) is 0. The molecule has 4 heteroatoms. The van der Waals surface area contributed by atoms with Crippen molar-refractivity contribution in [3.63, 3.8) is 0 Å². The number of rotatable bonds is 7. The van der Waals surface area contributed by atoms with Gasteiger partial charge in [-0.3, -0.25) is 0 Å². The van der Waals surface area contributed by atoms with Crippen LogP contribution in [0.1, 0.15) is 12.0 Å². The third-order valence-electron chi connectivity index (χ3n) is 3.55. The minimum absolute atomic E-state index is 0.379. The minimum Gasteiger partial charge on any atom is -0.494 e. The van der Waals surface area contributed by atoms with Gasteiger partial charge in [-0.2, -0.15) is 0 Å². The lowest BCUT2D eigenvalue weighted by molar-refractivity contribution is 0.275. The maximum atomic E-state index is 6.30. The van der Waals surface area contributed by atoms with Gasteiger partial charge in [0, 0.05) is 22.2 Å². The van der Waals surface area contributed by atoms with E-state index < -0.39 is 0 Å². The van der Waals surface area contributed by atoms with Crippen LogP contribution in [-0.2, 0) is 5.41 Å². The Morgan fingerprint density at radius 1 is 0.857 bits per heavy atom. The summed E-state index contributed by atoms with van der Waals surface area (Å²) >= 11 is 18.7. The highest BCUT2D eigenvalue weighted by Crippen LogP contribution is 2.35. The summed E-state index contributed by atoms with van der Waals surface area (Å²) in [5.41, 5.74) is 0.601. The molecule has 0 N–H and O–H groups in total. The predicted molar refractivity (Wildman–Crippen MR) is 91.1 cm³/mol. The molecule has 0 atom stereocenters. The maximum absolute atomic E-state index is 6.30. The summed E-state index contributed by atoms with van der Waals surface area (Å²) in [6.07, 6.45) is 0.707. The molecule has 0 spiro atoms. The van der Waals surface area contributed by atoms with E-state index in [1.54, 1.807) is 0 Å². The van der Waals surface area contributed by atoms with Crippen LogP contribution in [0.15, 0.2) is 54.6 Å². The average molecular weight is 344 g/mol. The number of halogens is 3. The topological polar surface area (TPSA) is 9.23 Å². The van der Waals surface area contributed by atoms with E-state index in [1.165, 1.54) is 0 Å². The van der Waals surface area contributed by atoms with E-state index in [-0.39, 0.29) is 5.41 Å². The molecule has 0 radical (unpaired) electrons. The highest BCUT2D eigenvalue weighted by molar-refractivity contribution is 6.32. The smallest absolute Gasteiger partial charge is 0.119 e. The number of alkyl halides is 2. The molecule has 0 amide bonds. The third kappa shape index (κ3) is 4.06. The van der Waals surface area contributed by atoms with Crippen LogP contribution in [0, 0.1) is 0 Å². The van der Waals surface area contributed by atoms with Gasteiger partial charge in [-0.25, -0.2) is 0 Å². The van der Waals surface area contributed by atoms with E-state index in [1.807, 2.05) is 54.6 Å². The van der Waals surface area contributed by atoms with E-state index in [4.69, 9.17) is 39.5 Å². The van der Waals surface area contributed by atoms with Crippen molar-refractivity contribution in [2.24, 2.45) is 0 Å². The summed E-state index contributed by atoms with van der Waals surface area (Å²) in [6.45, 7) is 0.536. The number of para-hydroxylation sites is 1. The molecule has 0 unspecified atom stereocenters. The highest BCUT2D eigenvalue weighted by atomic mass is 35.5. The lowest BCUT2D eigenvalue weighted by atomic mass is 9.81. The van der Waals surface area contributed by atoms with Crippen LogP contribution in [-0.4, -0.2) is 18.4 Å². The first-order valence-electron chi connectivity index (χ1n) is 6.76. The summed E-state index contributed by atoms with van der Waals surface area (Å²) in [6, 6.07) is 17.4. The molecule has 21 heavy (non-hydrogen) atoms. The molecule has 2 aromatic rings. The zero-order valence-corrected chi connectivity index (χ0v) is 13.8. The molecule has 0 aliphatic rings. The first-order chi connectivity index (χ1) is 10.2. The summed E-state index contributed by atoms with van der Waals surface area (Å²) in [5, 5.41) is 0.693. The number of hydrogen-bond acceptors (Lipinski definition) is 1. The largest absolute Gasteiger partial charge is 0.494 e. The van der Waals surface area contributed by atoms with Gasteiger partial charge in [0.25, 0.3) is 0 Å². The lowest BCUT2D eigenvalue weighted by Crippen LogP contribution is -2.33. The maximum Gasteiger partial charge on any atom is 0.119 e. The molecule has 0 heterocycles. The van der Waals surface area contributed by atoms with Crippen LogP contribution in [0.5, 0.6) is 5.75 Å². The van der Waals surface area contributed by atoms with Crippen LogP contribution in [0.25, 0.3) is 0 Å². The monoisotopic (exact) mass is 342 g/mol. The highest BCUT2D eigenvalue weighted by Gasteiger charge is 2.32. The number of ether oxygens (including phenoxy) is 1. The van der Waals surface area contributed by atoms with Crippen LogP contribution in [0.3, 0.4) is 0 Å². The standard InChI is InChI=1S/C17H17Cl3O/c18-12-17(13-19,15-8-4-5-9-16(15)20)10-11-21-14-6-2-1-3-7-14/h1-9H,10-13H2. The minimum atomic E-state index is -0.379. The molecular weight excluding hydrogens is 327 g/mol. The second-order valence-corrected chi connectivity index (χ2v) is 5.88. The summed E-state index contributed by atoms with van der Waals surface area (Å²) < 4.78 is 5.77. The average Bonchev–Trinajstić information content (AvgIpc) is 2.54. The Kier molecular flexibility index (Phi) is 6.22. The van der Waals surface area contributed by atoms with Crippen molar-refractivity contribution < 1.29 is 4.74 Å². The SMILES string of the molecule is ClCC(CCl)(CCOc1ccccc1)c1ccccc1Cl. The van der Waals surface area contributed by atoms with E-state index in [2.05, 4.69) is 0 Å². The Morgan fingerprint density at radius 3 is 2.10 bits per heavy atom. The number of hydrogen-bond donors (Lipinski definition) is 0. The van der Waals surface area contributed by atoms with Crippen molar-refractivity contribution in [3.05, 3.63) is 65.2 Å². The van der Waals surface area contributed by atoms with Crippen LogP contribution in [0.4, 0.5) is 0 Å². The van der Waals surface area contributed by atoms with Gasteiger partial charge < -0.3 is 4.74 Å². The Labute approximate surface area is 140 Å². The second-order valence-electron chi connectivity index (χ2n) is 4.94. The van der Waals surface area contributed by atoms with Crippen molar-refractivity contribution in [1.29, 1.82) is 0 Å². The molecule has 0 saturated carbocycles. The van der Waals surface area contributed by atoms with Crippen molar-refractivity contribution in [1.82, 2.24) is 0 Å². The van der Waals surface area contributed by atoms with Crippen molar-refractivity contribution in [2.75, 3.05) is 18.4 Å². The third-order valence-corrected chi connectivity index (χ3v) is 4.90. The molecule has 2 aromatic carbocycles. The number of benzene rings is 2. The van der Waals surface area contributed by atoms with Gasteiger partial charge in [0.2, 0.25) is 0 Å². The van der Waals surface area contributed by atoms with Crippen LogP contribution in [0.2, 0.25) is 5.02 Å². The Hall–Kier alpha value is -0.890. The molecule has 1 nitrogen and oxygen atoms in total. The molecule has 2 rings (SSSR count). The molecule has 0 saturated heterocycles. The Morgan fingerprint density at radius 2 is 1.48 bits per heavy atom. The molecular formula is C17H17Cl3O. The van der Waals surface area contributed by atoms with E-state index in [9.17, 15) is 0 Å². The van der Waals surface area contributed by atoms with E-state index >= 15 is 0 Å². The first kappa shape index (κ1) is 16.5. The zero-order chi connectivity index (χ0) is 15.1. The summed E-state index contributed by atoms with van der Waals surface area (Å²) in [5.74, 6) is 1.64. The predicted octanol–water partition coefficient (Wildman–Crippen LogP) is 5.52. The molecule has 0 bridgehead atoms. The quantitative estimate of drug-likeness (QED) is 0.601. The molecule has 0 aromatic heterocycles. The van der Waals surface area contributed by atoms with Gasteiger partial charge in [-0.15, -0.1) is 23.2 Å². The van der Waals surface area contributed by atoms with Crippen LogP contribution >= 0.6 is 34.8 Å². The fourth-order valence-electron chi connectivity index (χ4n) is 2.22. The van der Waals surface area contributed by atoms with Gasteiger partial charge in [0.1, 0.15) is 5.75 Å². The normalized spacial score (nSPS) is 11.4. The Balaban J connectivity index is 2.10. The second kappa shape index (κ2) is 7.93. The fraction of sp³-hybridized carbons (Fsp3) is 0.294. The Bertz CT molecular complexity index is 553. The molecule has 0 aliphatic carbocycles. The molecule has 0 fully saturated rings. The molecule has 112 valence electrons. The van der Waals surface area contributed by atoms with E-state index in [0.29, 0.717) is 29.8 Å². The van der Waals surface area contributed by atoms with Crippen molar-refractivity contribution in [2.45, 2.75) is 11.8 Å². The fourth-order valence-corrected chi connectivity index (χ4v) is 3.40. The lowest BCUT2D eigenvalue weighted by Gasteiger charge is -2.31. The van der Waals surface area contributed by atoms with Gasteiger partial charge in [0.15, 0.2) is 0 Å². The molecule has 0 aliphatic heterocycles. The van der Waals surface area contributed by atoms with Gasteiger partial charge in [-0.05, 0) is 30.2 Å².